The number of carbonyl (C=O) groups is 2. The lowest BCUT2D eigenvalue weighted by Crippen LogP contribution is -2.46. The third-order valence-electron chi connectivity index (χ3n) is 4.93. The molecule has 4 nitrogen and oxygen atoms in total. The number of aromatic amines is 1. The average molecular weight is 342 g/mol. The Morgan fingerprint density at radius 3 is 2.56 bits per heavy atom. The van der Waals surface area contributed by atoms with Crippen molar-refractivity contribution in [2.75, 3.05) is 0 Å². The van der Waals surface area contributed by atoms with Gasteiger partial charge in [-0.3, -0.25) is 9.59 Å². The molecule has 1 heterocycles. The van der Waals surface area contributed by atoms with Gasteiger partial charge in [0.2, 0.25) is 5.91 Å². The van der Waals surface area contributed by atoms with Crippen molar-refractivity contribution in [2.24, 2.45) is 11.8 Å². The van der Waals surface area contributed by atoms with Crippen LogP contribution >= 0.6 is 0 Å². The lowest BCUT2D eigenvalue weighted by Gasteiger charge is -2.24. The minimum absolute atomic E-state index is 0.0286. The Labute approximate surface area is 150 Å². The Bertz CT molecular complexity index is 718. The van der Waals surface area contributed by atoms with E-state index >= 15 is 0 Å². The molecule has 0 bridgehead atoms. The van der Waals surface area contributed by atoms with Crippen LogP contribution in [0.1, 0.15) is 52.5 Å². The Kier molecular flexibility index (Phi) is 6.80. The third-order valence-corrected chi connectivity index (χ3v) is 4.93. The molecule has 0 aliphatic heterocycles. The summed E-state index contributed by atoms with van der Waals surface area (Å²) in [6.45, 7) is 7.85. The first kappa shape index (κ1) is 19.2. The zero-order valence-electron chi connectivity index (χ0n) is 15.8. The van der Waals surface area contributed by atoms with E-state index in [1.165, 1.54) is 10.9 Å². The topological polar surface area (TPSA) is 62.0 Å². The zero-order valence-corrected chi connectivity index (χ0v) is 15.8. The molecule has 2 rings (SSSR count). The molecular weight excluding hydrogens is 312 g/mol. The number of aromatic nitrogens is 1. The highest BCUT2D eigenvalue weighted by atomic mass is 16.2. The van der Waals surface area contributed by atoms with Crippen LogP contribution in [0.5, 0.6) is 0 Å². The summed E-state index contributed by atoms with van der Waals surface area (Å²) in [5.41, 5.74) is 2.36. The van der Waals surface area contributed by atoms with Crippen LogP contribution in [-0.2, 0) is 16.0 Å². The van der Waals surface area contributed by atoms with Crippen LogP contribution in [0.15, 0.2) is 30.5 Å². The molecule has 0 aliphatic carbocycles. The van der Waals surface area contributed by atoms with Crippen LogP contribution in [0.25, 0.3) is 10.9 Å². The number of carbonyl (C=O) groups excluding carboxylic acids is 2. The summed E-state index contributed by atoms with van der Waals surface area (Å²) in [4.78, 5) is 28.0. The molecule has 1 aromatic carbocycles. The van der Waals surface area contributed by atoms with Gasteiger partial charge < -0.3 is 10.3 Å². The van der Waals surface area contributed by atoms with Crippen LogP contribution in [0.3, 0.4) is 0 Å². The van der Waals surface area contributed by atoms with E-state index < -0.39 is 0 Å². The van der Waals surface area contributed by atoms with E-state index in [0.717, 1.165) is 24.8 Å². The maximum absolute atomic E-state index is 12.4. The van der Waals surface area contributed by atoms with Crippen LogP contribution in [0.2, 0.25) is 0 Å². The first-order valence-electron chi connectivity index (χ1n) is 9.32. The number of rotatable bonds is 9. The summed E-state index contributed by atoms with van der Waals surface area (Å²) in [5, 5.41) is 4.19. The summed E-state index contributed by atoms with van der Waals surface area (Å²) in [6.07, 6.45) is 4.96. The van der Waals surface area contributed by atoms with Crippen molar-refractivity contribution in [2.45, 2.75) is 59.4 Å². The van der Waals surface area contributed by atoms with Crippen LogP contribution in [-0.4, -0.2) is 22.7 Å². The molecule has 0 fully saturated rings. The van der Waals surface area contributed by atoms with Crippen molar-refractivity contribution >= 4 is 22.6 Å². The Balaban J connectivity index is 1.89. The number of hydrogen-bond acceptors (Lipinski definition) is 2. The maximum atomic E-state index is 12.4. The predicted molar refractivity (Wildman–Crippen MR) is 102 cm³/mol. The largest absolute Gasteiger partial charge is 0.361 e. The minimum Gasteiger partial charge on any atom is -0.361 e. The van der Waals surface area contributed by atoms with Gasteiger partial charge in [0.1, 0.15) is 0 Å². The van der Waals surface area contributed by atoms with Gasteiger partial charge in [0, 0.05) is 29.4 Å². The van der Waals surface area contributed by atoms with E-state index in [4.69, 9.17) is 0 Å². The number of para-hydroxylation sites is 1. The molecule has 0 unspecified atom stereocenters. The SMILES string of the molecule is CC[C@H](C)[C@H](NC(=O)CCCc1c[nH]c2ccccc12)C(=O)C(C)C. The van der Waals surface area contributed by atoms with Crippen molar-refractivity contribution in [3.8, 4) is 0 Å². The second kappa shape index (κ2) is 8.84. The summed E-state index contributed by atoms with van der Waals surface area (Å²) in [6, 6.07) is 7.82. The van der Waals surface area contributed by atoms with E-state index in [1.807, 2.05) is 39.1 Å². The summed E-state index contributed by atoms with van der Waals surface area (Å²) in [7, 11) is 0. The lowest BCUT2D eigenvalue weighted by molar-refractivity contribution is -0.130. The Morgan fingerprint density at radius 1 is 1.16 bits per heavy atom. The third kappa shape index (κ3) is 4.94. The molecule has 1 aromatic heterocycles. The number of amides is 1. The van der Waals surface area contributed by atoms with Crippen LogP contribution in [0, 0.1) is 11.8 Å². The van der Waals surface area contributed by atoms with Gasteiger partial charge in [0.25, 0.3) is 0 Å². The summed E-state index contributed by atoms with van der Waals surface area (Å²) in [5.74, 6) is 0.191. The quantitative estimate of drug-likeness (QED) is 0.716. The molecular formula is C21H30N2O2. The van der Waals surface area contributed by atoms with Gasteiger partial charge in [0.15, 0.2) is 5.78 Å². The normalized spacial score (nSPS) is 13.8. The van der Waals surface area contributed by atoms with Crippen LogP contribution < -0.4 is 5.32 Å². The first-order chi connectivity index (χ1) is 11.9. The molecule has 0 spiro atoms. The van der Waals surface area contributed by atoms with E-state index in [2.05, 4.69) is 29.4 Å². The fraction of sp³-hybridized carbons (Fsp3) is 0.524. The number of ketones is 1. The number of benzene rings is 1. The molecule has 136 valence electrons. The number of hydrogen-bond donors (Lipinski definition) is 2. The van der Waals surface area contributed by atoms with Crippen molar-refractivity contribution < 1.29 is 9.59 Å². The molecule has 4 heteroatoms. The lowest BCUT2D eigenvalue weighted by atomic mass is 9.90. The first-order valence-corrected chi connectivity index (χ1v) is 9.32. The zero-order chi connectivity index (χ0) is 18.4. The van der Waals surface area contributed by atoms with Crippen molar-refractivity contribution in [1.29, 1.82) is 0 Å². The fourth-order valence-electron chi connectivity index (χ4n) is 3.11. The Morgan fingerprint density at radius 2 is 1.88 bits per heavy atom. The van der Waals surface area contributed by atoms with E-state index in [0.29, 0.717) is 6.42 Å². The minimum atomic E-state index is -0.370. The highest BCUT2D eigenvalue weighted by Gasteiger charge is 2.27. The second-order valence-electron chi connectivity index (χ2n) is 7.20. The molecule has 0 aliphatic rings. The van der Waals surface area contributed by atoms with Crippen molar-refractivity contribution in [3.63, 3.8) is 0 Å². The molecule has 0 radical (unpaired) electrons. The fourth-order valence-corrected chi connectivity index (χ4v) is 3.11. The highest BCUT2D eigenvalue weighted by Crippen LogP contribution is 2.19. The van der Waals surface area contributed by atoms with Gasteiger partial charge in [-0.1, -0.05) is 52.3 Å². The number of H-pyrrole nitrogens is 1. The molecule has 2 N–H and O–H groups in total. The van der Waals surface area contributed by atoms with E-state index in [-0.39, 0.29) is 29.6 Å². The van der Waals surface area contributed by atoms with Crippen molar-refractivity contribution in [1.82, 2.24) is 10.3 Å². The van der Waals surface area contributed by atoms with Gasteiger partial charge >= 0.3 is 0 Å². The molecule has 0 saturated heterocycles. The van der Waals surface area contributed by atoms with E-state index in [1.54, 1.807) is 0 Å². The van der Waals surface area contributed by atoms with Gasteiger partial charge in [-0.2, -0.15) is 0 Å². The van der Waals surface area contributed by atoms with Gasteiger partial charge in [-0.05, 0) is 30.4 Å². The average Bonchev–Trinajstić information content (AvgIpc) is 3.01. The van der Waals surface area contributed by atoms with Gasteiger partial charge in [-0.15, -0.1) is 0 Å². The smallest absolute Gasteiger partial charge is 0.220 e. The summed E-state index contributed by atoms with van der Waals surface area (Å²) >= 11 is 0. The van der Waals surface area contributed by atoms with Gasteiger partial charge in [-0.25, -0.2) is 0 Å². The number of fused-ring (bicyclic) bond motifs is 1. The molecule has 2 aromatic rings. The molecule has 25 heavy (non-hydrogen) atoms. The maximum Gasteiger partial charge on any atom is 0.220 e. The second-order valence-corrected chi connectivity index (χ2v) is 7.20. The molecule has 0 saturated carbocycles. The monoisotopic (exact) mass is 342 g/mol. The molecule has 1 amide bonds. The Hall–Kier alpha value is -2.10. The number of Topliss-reactive ketones (excluding diaryl/α,β-unsaturated/α-hetero) is 1. The molecule has 2 atom stereocenters. The van der Waals surface area contributed by atoms with Crippen molar-refractivity contribution in [3.05, 3.63) is 36.0 Å². The summed E-state index contributed by atoms with van der Waals surface area (Å²) < 4.78 is 0. The van der Waals surface area contributed by atoms with E-state index in [9.17, 15) is 9.59 Å². The number of aryl methyl sites for hydroxylation is 1. The predicted octanol–water partition coefficient (Wildman–Crippen LogP) is 4.25. The van der Waals surface area contributed by atoms with Gasteiger partial charge in [0.05, 0.1) is 6.04 Å². The highest BCUT2D eigenvalue weighted by molar-refractivity contribution is 5.90. The number of nitrogens with one attached hydrogen (secondary N) is 2. The standard InChI is InChI=1S/C21H30N2O2/c1-5-15(4)20(21(25)14(2)3)23-19(24)12-8-9-16-13-22-18-11-7-6-10-17(16)18/h6-7,10-11,13-15,20,22H,5,8-9,12H2,1-4H3,(H,23,24)/t15-,20-/m0/s1. The van der Waals surface area contributed by atoms with Crippen LogP contribution in [0.4, 0.5) is 0 Å².